The van der Waals surface area contributed by atoms with Gasteiger partial charge in [0.15, 0.2) is 0 Å². The number of hydrogen-bond donors (Lipinski definition) is 0. The maximum absolute atomic E-state index is 5.48. The van der Waals surface area contributed by atoms with Gasteiger partial charge in [-0.15, -0.1) is 0 Å². The van der Waals surface area contributed by atoms with Gasteiger partial charge in [0.2, 0.25) is 0 Å². The molecule has 0 N–H and O–H groups in total. The van der Waals surface area contributed by atoms with Crippen LogP contribution < -0.4 is 4.74 Å². The Kier molecular flexibility index (Phi) is 6.27. The molecule has 1 aromatic heterocycles. The molecule has 3 aromatic rings. The first-order valence-electron chi connectivity index (χ1n) is 10.4. The summed E-state index contributed by atoms with van der Waals surface area (Å²) in [6, 6.07) is 19.3. The molecule has 29 heavy (non-hydrogen) atoms. The molecule has 0 atom stereocenters. The first-order chi connectivity index (χ1) is 14.2. The molecule has 0 amide bonds. The summed E-state index contributed by atoms with van der Waals surface area (Å²) in [4.78, 5) is 5.12. The zero-order valence-electron chi connectivity index (χ0n) is 17.4. The fourth-order valence-electron chi connectivity index (χ4n) is 4.06. The highest BCUT2D eigenvalue weighted by atomic mass is 16.5. The molecule has 152 valence electrons. The van der Waals surface area contributed by atoms with Gasteiger partial charge < -0.3 is 9.64 Å². The highest BCUT2D eigenvalue weighted by molar-refractivity contribution is 5.59. The van der Waals surface area contributed by atoms with Gasteiger partial charge in [0, 0.05) is 52.5 Å². The number of benzene rings is 2. The van der Waals surface area contributed by atoms with Crippen LogP contribution in [-0.4, -0.2) is 59.4 Å². The monoisotopic (exact) mass is 390 g/mol. The minimum absolute atomic E-state index is 1.00. The standard InChI is InChI=1S/C24H30N4O/c1-26-23(11-13-25-26)21-9-7-20(8-10-21)19-28-17-15-27(16-18-28)14-12-22-5-3-4-6-24(22)29-2/h3-11,13H,12,14-19H2,1-2H3. The fraction of sp³-hybridized carbons (Fsp3) is 0.375. The largest absolute Gasteiger partial charge is 0.496 e. The fourth-order valence-corrected chi connectivity index (χ4v) is 4.06. The van der Waals surface area contributed by atoms with Gasteiger partial charge in [-0.25, -0.2) is 0 Å². The van der Waals surface area contributed by atoms with Crippen LogP contribution in [0.5, 0.6) is 5.75 Å². The third-order valence-electron chi connectivity index (χ3n) is 5.83. The van der Waals surface area contributed by atoms with Crippen molar-refractivity contribution in [1.29, 1.82) is 0 Å². The predicted octanol–water partition coefficient (Wildman–Crippen LogP) is 3.46. The number of aromatic nitrogens is 2. The van der Waals surface area contributed by atoms with Gasteiger partial charge in [0.05, 0.1) is 12.8 Å². The molecule has 1 aliphatic heterocycles. The Bertz CT molecular complexity index is 911. The highest BCUT2D eigenvalue weighted by Gasteiger charge is 2.17. The summed E-state index contributed by atoms with van der Waals surface area (Å²) in [7, 11) is 3.73. The zero-order chi connectivity index (χ0) is 20.1. The summed E-state index contributed by atoms with van der Waals surface area (Å²) in [5, 5.41) is 4.26. The van der Waals surface area contributed by atoms with Crippen LogP contribution >= 0.6 is 0 Å². The van der Waals surface area contributed by atoms with Gasteiger partial charge in [-0.05, 0) is 35.2 Å². The lowest BCUT2D eigenvalue weighted by Gasteiger charge is -2.34. The molecule has 5 heteroatoms. The molecule has 4 rings (SSSR count). The molecule has 0 bridgehead atoms. The average Bonchev–Trinajstić information content (AvgIpc) is 3.20. The number of piperazine rings is 1. The lowest BCUT2D eigenvalue weighted by molar-refractivity contribution is 0.128. The molecule has 0 saturated carbocycles. The predicted molar refractivity (Wildman–Crippen MR) is 117 cm³/mol. The van der Waals surface area contributed by atoms with E-state index in [1.807, 2.05) is 30.1 Å². The van der Waals surface area contributed by atoms with E-state index in [2.05, 4.69) is 57.4 Å². The summed E-state index contributed by atoms with van der Waals surface area (Å²) < 4.78 is 7.39. The van der Waals surface area contributed by atoms with E-state index in [1.54, 1.807) is 7.11 Å². The van der Waals surface area contributed by atoms with E-state index in [0.29, 0.717) is 0 Å². The number of rotatable bonds is 7. The number of aryl methyl sites for hydroxylation is 1. The van der Waals surface area contributed by atoms with E-state index < -0.39 is 0 Å². The van der Waals surface area contributed by atoms with Crippen LogP contribution in [-0.2, 0) is 20.0 Å². The van der Waals surface area contributed by atoms with E-state index in [4.69, 9.17) is 4.74 Å². The maximum Gasteiger partial charge on any atom is 0.122 e. The second-order valence-electron chi connectivity index (χ2n) is 7.72. The summed E-state index contributed by atoms with van der Waals surface area (Å²) in [5.41, 5.74) is 5.04. The normalized spacial score (nSPS) is 15.5. The molecule has 0 radical (unpaired) electrons. The SMILES string of the molecule is COc1ccccc1CCN1CCN(Cc2ccc(-c3ccnn3C)cc2)CC1. The van der Waals surface area contributed by atoms with Crippen LogP contribution in [0.25, 0.3) is 11.3 Å². The molecule has 0 aliphatic carbocycles. The Labute approximate surface area is 173 Å². The first-order valence-corrected chi connectivity index (χ1v) is 10.4. The van der Waals surface area contributed by atoms with Crippen LogP contribution in [0.4, 0.5) is 0 Å². The van der Waals surface area contributed by atoms with Crippen LogP contribution in [0.2, 0.25) is 0 Å². The molecule has 0 unspecified atom stereocenters. The zero-order valence-corrected chi connectivity index (χ0v) is 17.4. The lowest BCUT2D eigenvalue weighted by Crippen LogP contribution is -2.46. The molecule has 5 nitrogen and oxygen atoms in total. The van der Waals surface area contributed by atoms with Gasteiger partial charge in [0.25, 0.3) is 0 Å². The second kappa shape index (κ2) is 9.25. The van der Waals surface area contributed by atoms with Gasteiger partial charge in [-0.1, -0.05) is 42.5 Å². The minimum atomic E-state index is 1.00. The van der Waals surface area contributed by atoms with Gasteiger partial charge in [-0.2, -0.15) is 5.10 Å². The number of methoxy groups -OCH3 is 1. The Morgan fingerprint density at radius 1 is 0.897 bits per heavy atom. The molecule has 2 heterocycles. The number of hydrogen-bond acceptors (Lipinski definition) is 4. The average molecular weight is 391 g/mol. The first kappa shape index (κ1) is 19.7. The van der Waals surface area contributed by atoms with Crippen molar-refractivity contribution in [2.24, 2.45) is 7.05 Å². The quantitative estimate of drug-likeness (QED) is 0.619. The number of para-hydroxylation sites is 1. The second-order valence-corrected chi connectivity index (χ2v) is 7.72. The molecular weight excluding hydrogens is 360 g/mol. The summed E-state index contributed by atoms with van der Waals surface area (Å²) >= 11 is 0. The number of nitrogens with zero attached hydrogens (tertiary/aromatic N) is 4. The van der Waals surface area contributed by atoms with Crippen LogP contribution in [0.3, 0.4) is 0 Å². The highest BCUT2D eigenvalue weighted by Crippen LogP contribution is 2.20. The van der Waals surface area contributed by atoms with Gasteiger partial charge in [-0.3, -0.25) is 9.58 Å². The van der Waals surface area contributed by atoms with E-state index in [1.165, 1.54) is 16.7 Å². The maximum atomic E-state index is 5.48. The molecule has 1 saturated heterocycles. The molecule has 2 aromatic carbocycles. The van der Waals surface area contributed by atoms with Crippen molar-refractivity contribution in [3.8, 4) is 17.0 Å². The number of ether oxygens (including phenoxy) is 1. The van der Waals surface area contributed by atoms with Crippen molar-refractivity contribution in [3.05, 3.63) is 71.9 Å². The lowest BCUT2D eigenvalue weighted by atomic mass is 10.1. The van der Waals surface area contributed by atoms with Crippen molar-refractivity contribution in [1.82, 2.24) is 19.6 Å². The van der Waals surface area contributed by atoms with Crippen molar-refractivity contribution in [3.63, 3.8) is 0 Å². The van der Waals surface area contributed by atoms with Gasteiger partial charge in [0.1, 0.15) is 5.75 Å². The summed E-state index contributed by atoms with van der Waals surface area (Å²) in [5.74, 6) is 1.00. The van der Waals surface area contributed by atoms with E-state index in [0.717, 1.165) is 57.1 Å². The van der Waals surface area contributed by atoms with Crippen LogP contribution in [0.15, 0.2) is 60.8 Å². The van der Waals surface area contributed by atoms with Crippen molar-refractivity contribution >= 4 is 0 Å². The van der Waals surface area contributed by atoms with Crippen molar-refractivity contribution in [2.45, 2.75) is 13.0 Å². The van der Waals surface area contributed by atoms with Gasteiger partial charge >= 0.3 is 0 Å². The Morgan fingerprint density at radius 3 is 2.31 bits per heavy atom. The van der Waals surface area contributed by atoms with Crippen LogP contribution in [0, 0.1) is 0 Å². The third kappa shape index (κ3) is 4.86. The molecule has 1 fully saturated rings. The van der Waals surface area contributed by atoms with Crippen molar-refractivity contribution in [2.75, 3.05) is 39.8 Å². The minimum Gasteiger partial charge on any atom is -0.496 e. The molecular formula is C24H30N4O. The topological polar surface area (TPSA) is 33.5 Å². The third-order valence-corrected chi connectivity index (χ3v) is 5.83. The Morgan fingerprint density at radius 2 is 1.62 bits per heavy atom. The summed E-state index contributed by atoms with van der Waals surface area (Å²) in [6.07, 6.45) is 2.89. The summed E-state index contributed by atoms with van der Waals surface area (Å²) in [6.45, 7) is 6.61. The van der Waals surface area contributed by atoms with E-state index in [9.17, 15) is 0 Å². The smallest absolute Gasteiger partial charge is 0.122 e. The molecule has 1 aliphatic rings. The van der Waals surface area contributed by atoms with E-state index in [-0.39, 0.29) is 0 Å². The van der Waals surface area contributed by atoms with Crippen LogP contribution in [0.1, 0.15) is 11.1 Å². The van der Waals surface area contributed by atoms with E-state index >= 15 is 0 Å². The molecule has 0 spiro atoms. The van der Waals surface area contributed by atoms with Crippen molar-refractivity contribution < 1.29 is 4.74 Å². The Balaban J connectivity index is 1.25. The Hall–Kier alpha value is -2.63.